The van der Waals surface area contributed by atoms with Crippen LogP contribution >= 0.6 is 0 Å². The minimum atomic E-state index is 0.562. The number of rotatable bonds is 3. The third-order valence-corrected chi connectivity index (χ3v) is 2.58. The molecule has 0 aliphatic heterocycles. The summed E-state index contributed by atoms with van der Waals surface area (Å²) in [5.41, 5.74) is 8.20. The van der Waals surface area contributed by atoms with E-state index in [0.29, 0.717) is 12.5 Å². The summed E-state index contributed by atoms with van der Waals surface area (Å²) < 4.78 is 0. The van der Waals surface area contributed by atoms with Gasteiger partial charge < -0.3 is 5.73 Å². The first-order valence-electron chi connectivity index (χ1n) is 4.96. The molecule has 74 valence electrons. The quantitative estimate of drug-likeness (QED) is 0.580. The van der Waals surface area contributed by atoms with Crippen LogP contribution in [0.4, 0.5) is 0 Å². The van der Waals surface area contributed by atoms with Crippen LogP contribution in [0.15, 0.2) is 23.5 Å². The lowest BCUT2D eigenvalue weighted by Gasteiger charge is -2.01. The Morgan fingerprint density at radius 2 is 2.43 bits per heavy atom. The Kier molecular flexibility index (Phi) is 2.48. The highest BCUT2D eigenvalue weighted by molar-refractivity contribution is 5.84. The number of nitrogens with two attached hydrogens (primary N) is 1. The van der Waals surface area contributed by atoms with Crippen molar-refractivity contribution >= 4 is 5.84 Å². The molecule has 0 saturated heterocycles. The molecule has 0 unspecified atom stereocenters. The van der Waals surface area contributed by atoms with Crippen molar-refractivity contribution in [3.63, 3.8) is 0 Å². The Hall–Kier alpha value is -1.38. The molecular formula is C11H15N3. The van der Waals surface area contributed by atoms with Gasteiger partial charge in [0.2, 0.25) is 0 Å². The third kappa shape index (κ3) is 2.10. The fourth-order valence-corrected chi connectivity index (χ4v) is 1.35. The number of hydrogen-bond acceptors (Lipinski definition) is 2. The fourth-order valence-electron chi connectivity index (χ4n) is 1.35. The zero-order chi connectivity index (χ0) is 9.97. The van der Waals surface area contributed by atoms with Crippen molar-refractivity contribution in [3.05, 3.63) is 29.6 Å². The van der Waals surface area contributed by atoms with Gasteiger partial charge in [0, 0.05) is 18.3 Å². The molecule has 1 fully saturated rings. The van der Waals surface area contributed by atoms with Crippen LogP contribution in [-0.4, -0.2) is 10.8 Å². The molecule has 1 heterocycles. The van der Waals surface area contributed by atoms with Gasteiger partial charge in [-0.25, -0.2) is 0 Å². The average Bonchev–Trinajstić information content (AvgIpc) is 2.99. The molecule has 0 atom stereocenters. The van der Waals surface area contributed by atoms with E-state index in [4.69, 9.17) is 5.73 Å². The SMILES string of the molecule is Cc1ccncc1CN=C(N)C1CC1. The Labute approximate surface area is 84.1 Å². The normalized spacial score (nSPS) is 17.1. The standard InChI is InChI=1S/C11H15N3/c1-8-4-5-13-6-10(8)7-14-11(12)9-2-3-9/h4-6,9H,2-3,7H2,1H3,(H2,12,14). The average molecular weight is 189 g/mol. The van der Waals surface area contributed by atoms with Crippen LogP contribution in [0.5, 0.6) is 0 Å². The molecule has 14 heavy (non-hydrogen) atoms. The maximum absolute atomic E-state index is 5.81. The van der Waals surface area contributed by atoms with E-state index < -0.39 is 0 Å². The van der Waals surface area contributed by atoms with E-state index in [-0.39, 0.29) is 0 Å². The Balaban J connectivity index is 2.03. The monoisotopic (exact) mass is 189 g/mol. The number of hydrogen-bond donors (Lipinski definition) is 1. The molecule has 2 rings (SSSR count). The first-order valence-corrected chi connectivity index (χ1v) is 4.96. The minimum Gasteiger partial charge on any atom is -0.387 e. The van der Waals surface area contributed by atoms with Crippen LogP contribution in [0.1, 0.15) is 24.0 Å². The first-order chi connectivity index (χ1) is 6.77. The second kappa shape index (κ2) is 3.78. The summed E-state index contributed by atoms with van der Waals surface area (Å²) in [6.07, 6.45) is 6.08. The second-order valence-corrected chi connectivity index (χ2v) is 3.82. The van der Waals surface area contributed by atoms with Crippen LogP contribution in [0.2, 0.25) is 0 Å². The summed E-state index contributed by atoms with van der Waals surface area (Å²) in [6, 6.07) is 2.00. The summed E-state index contributed by atoms with van der Waals surface area (Å²) >= 11 is 0. The molecule has 1 aromatic heterocycles. The first kappa shape index (κ1) is 9.19. The molecule has 1 aromatic rings. The summed E-state index contributed by atoms with van der Waals surface area (Å²) in [7, 11) is 0. The maximum atomic E-state index is 5.81. The van der Waals surface area contributed by atoms with Crippen LogP contribution in [0.25, 0.3) is 0 Å². The largest absolute Gasteiger partial charge is 0.387 e. The van der Waals surface area contributed by atoms with Gasteiger partial charge in [-0.2, -0.15) is 0 Å². The molecule has 0 spiro atoms. The molecule has 3 heteroatoms. The molecule has 1 aliphatic rings. The Bertz CT molecular complexity index is 353. The second-order valence-electron chi connectivity index (χ2n) is 3.82. The highest BCUT2D eigenvalue weighted by Crippen LogP contribution is 2.28. The molecule has 3 nitrogen and oxygen atoms in total. The van der Waals surface area contributed by atoms with Crippen molar-refractivity contribution in [2.45, 2.75) is 26.3 Å². The molecule has 1 aliphatic carbocycles. The van der Waals surface area contributed by atoms with E-state index in [9.17, 15) is 0 Å². The molecule has 0 bridgehead atoms. The van der Waals surface area contributed by atoms with E-state index in [2.05, 4.69) is 16.9 Å². The van der Waals surface area contributed by atoms with Gasteiger partial charge >= 0.3 is 0 Å². The number of aryl methyl sites for hydroxylation is 1. The minimum absolute atomic E-state index is 0.562. The highest BCUT2D eigenvalue weighted by Gasteiger charge is 2.25. The maximum Gasteiger partial charge on any atom is 0.0972 e. The summed E-state index contributed by atoms with van der Waals surface area (Å²) in [5, 5.41) is 0. The van der Waals surface area contributed by atoms with E-state index in [1.54, 1.807) is 6.20 Å². The van der Waals surface area contributed by atoms with Crippen molar-refractivity contribution in [1.82, 2.24) is 4.98 Å². The number of pyridine rings is 1. The van der Waals surface area contributed by atoms with Gasteiger partial charge in [0.05, 0.1) is 12.4 Å². The van der Waals surface area contributed by atoms with Gasteiger partial charge in [-0.1, -0.05) is 0 Å². The topological polar surface area (TPSA) is 51.3 Å². The van der Waals surface area contributed by atoms with Gasteiger partial charge in [0.1, 0.15) is 0 Å². The molecular weight excluding hydrogens is 174 g/mol. The van der Waals surface area contributed by atoms with Crippen molar-refractivity contribution in [2.75, 3.05) is 0 Å². The van der Waals surface area contributed by atoms with Crippen LogP contribution < -0.4 is 5.73 Å². The van der Waals surface area contributed by atoms with Gasteiger partial charge in [-0.15, -0.1) is 0 Å². The molecule has 0 amide bonds. The zero-order valence-electron chi connectivity index (χ0n) is 8.40. The van der Waals surface area contributed by atoms with Gasteiger partial charge in [0.15, 0.2) is 0 Å². The predicted molar refractivity (Wildman–Crippen MR) is 57.0 cm³/mol. The number of amidine groups is 1. The lowest BCUT2D eigenvalue weighted by atomic mass is 10.2. The molecule has 2 N–H and O–H groups in total. The fraction of sp³-hybridized carbons (Fsp3) is 0.455. The van der Waals surface area contributed by atoms with Crippen molar-refractivity contribution in [3.8, 4) is 0 Å². The van der Waals surface area contributed by atoms with Crippen LogP contribution in [0, 0.1) is 12.8 Å². The third-order valence-electron chi connectivity index (χ3n) is 2.58. The lowest BCUT2D eigenvalue weighted by molar-refractivity contribution is 0.990. The molecule has 0 radical (unpaired) electrons. The number of aromatic nitrogens is 1. The molecule has 0 aromatic carbocycles. The summed E-state index contributed by atoms with van der Waals surface area (Å²) in [6.45, 7) is 2.74. The highest BCUT2D eigenvalue weighted by atomic mass is 14.9. The lowest BCUT2D eigenvalue weighted by Crippen LogP contribution is -2.14. The van der Waals surface area contributed by atoms with Crippen molar-refractivity contribution in [2.24, 2.45) is 16.6 Å². The van der Waals surface area contributed by atoms with E-state index >= 15 is 0 Å². The number of nitrogens with zero attached hydrogens (tertiary/aromatic N) is 2. The molecule has 1 saturated carbocycles. The Morgan fingerprint density at radius 3 is 3.07 bits per heavy atom. The van der Waals surface area contributed by atoms with E-state index in [0.717, 1.165) is 11.4 Å². The van der Waals surface area contributed by atoms with Crippen LogP contribution in [0.3, 0.4) is 0 Å². The van der Waals surface area contributed by atoms with Crippen molar-refractivity contribution < 1.29 is 0 Å². The van der Waals surface area contributed by atoms with Crippen molar-refractivity contribution in [1.29, 1.82) is 0 Å². The van der Waals surface area contributed by atoms with Gasteiger partial charge in [-0.3, -0.25) is 9.98 Å². The smallest absolute Gasteiger partial charge is 0.0972 e. The Morgan fingerprint density at radius 1 is 1.64 bits per heavy atom. The van der Waals surface area contributed by atoms with Gasteiger partial charge in [0.25, 0.3) is 0 Å². The number of aliphatic imine (C=N–C) groups is 1. The zero-order valence-corrected chi connectivity index (χ0v) is 8.40. The predicted octanol–water partition coefficient (Wildman–Crippen LogP) is 1.66. The van der Waals surface area contributed by atoms with Gasteiger partial charge in [-0.05, 0) is 37.0 Å². The van der Waals surface area contributed by atoms with E-state index in [1.165, 1.54) is 18.4 Å². The summed E-state index contributed by atoms with van der Waals surface area (Å²) in [5.74, 6) is 1.38. The van der Waals surface area contributed by atoms with Crippen LogP contribution in [-0.2, 0) is 6.54 Å². The van der Waals surface area contributed by atoms with E-state index in [1.807, 2.05) is 12.3 Å². The summed E-state index contributed by atoms with van der Waals surface area (Å²) in [4.78, 5) is 8.45.